The predicted molar refractivity (Wildman–Crippen MR) is 113 cm³/mol. The van der Waals surface area contributed by atoms with Gasteiger partial charge in [-0.1, -0.05) is 19.9 Å². The minimum Gasteiger partial charge on any atom is -0.378 e. The van der Waals surface area contributed by atoms with Gasteiger partial charge in [0.2, 0.25) is 11.8 Å². The number of benzene rings is 1. The summed E-state index contributed by atoms with van der Waals surface area (Å²) >= 11 is 0. The van der Waals surface area contributed by atoms with Crippen molar-refractivity contribution in [1.29, 1.82) is 0 Å². The molecule has 160 valence electrons. The monoisotopic (exact) mass is 403 g/mol. The smallest absolute Gasteiger partial charge is 0.254 e. The fourth-order valence-electron chi connectivity index (χ4n) is 3.36. The number of hydrogen-bond donors (Lipinski definition) is 1. The van der Waals surface area contributed by atoms with Gasteiger partial charge in [-0.2, -0.15) is 0 Å². The van der Waals surface area contributed by atoms with Gasteiger partial charge in [-0.25, -0.2) is 0 Å². The molecule has 0 radical (unpaired) electrons. The topological polar surface area (TPSA) is 79.0 Å². The lowest BCUT2D eigenvalue weighted by Gasteiger charge is -2.27. The second-order valence-electron chi connectivity index (χ2n) is 7.27. The Morgan fingerprint density at radius 3 is 2.41 bits per heavy atom. The minimum absolute atomic E-state index is 0.0538. The van der Waals surface area contributed by atoms with Crippen molar-refractivity contribution in [3.63, 3.8) is 0 Å². The summed E-state index contributed by atoms with van der Waals surface area (Å²) in [5.41, 5.74) is 1.15. The molecular formula is C22H33N3O4. The number of nitrogens with zero attached hydrogens (tertiary/aromatic N) is 2. The fourth-order valence-corrected chi connectivity index (χ4v) is 3.36. The van der Waals surface area contributed by atoms with Crippen LogP contribution in [0.15, 0.2) is 24.3 Å². The molecule has 1 saturated heterocycles. The van der Waals surface area contributed by atoms with Crippen molar-refractivity contribution in [2.45, 2.75) is 46.0 Å². The van der Waals surface area contributed by atoms with Crippen molar-refractivity contribution in [3.8, 4) is 0 Å². The minimum atomic E-state index is -0.147. The third kappa shape index (κ3) is 7.49. The molecule has 1 aliphatic heterocycles. The van der Waals surface area contributed by atoms with Crippen molar-refractivity contribution in [3.05, 3.63) is 29.8 Å². The molecule has 1 aliphatic rings. The number of anilines is 1. The van der Waals surface area contributed by atoms with Crippen molar-refractivity contribution in [1.82, 2.24) is 9.80 Å². The van der Waals surface area contributed by atoms with Crippen molar-refractivity contribution in [2.24, 2.45) is 0 Å². The molecule has 1 N–H and O–H groups in total. The predicted octanol–water partition coefficient (Wildman–Crippen LogP) is 2.92. The van der Waals surface area contributed by atoms with Crippen LogP contribution in [0, 0.1) is 0 Å². The second kappa shape index (κ2) is 12.2. The summed E-state index contributed by atoms with van der Waals surface area (Å²) in [6, 6.07) is 6.98. The first-order chi connectivity index (χ1) is 14.0. The number of ether oxygens (including phenoxy) is 1. The highest BCUT2D eigenvalue weighted by Gasteiger charge is 2.19. The lowest BCUT2D eigenvalue weighted by molar-refractivity contribution is -0.131. The zero-order valence-electron chi connectivity index (χ0n) is 17.6. The maximum atomic E-state index is 12.6. The molecule has 2 rings (SSSR count). The Morgan fingerprint density at radius 2 is 1.76 bits per heavy atom. The average Bonchev–Trinajstić information content (AvgIpc) is 2.73. The van der Waals surface area contributed by atoms with Crippen LogP contribution in [0.5, 0.6) is 0 Å². The maximum Gasteiger partial charge on any atom is 0.254 e. The van der Waals surface area contributed by atoms with Gasteiger partial charge in [0.25, 0.3) is 5.91 Å². The van der Waals surface area contributed by atoms with Crippen molar-refractivity contribution >= 4 is 23.4 Å². The molecule has 29 heavy (non-hydrogen) atoms. The Hall–Kier alpha value is -2.41. The molecule has 0 bridgehead atoms. The first-order valence-corrected chi connectivity index (χ1v) is 10.6. The highest BCUT2D eigenvalue weighted by molar-refractivity contribution is 5.97. The van der Waals surface area contributed by atoms with E-state index in [1.54, 1.807) is 29.2 Å². The Kier molecular flexibility index (Phi) is 9.64. The van der Waals surface area contributed by atoms with Gasteiger partial charge in [-0.05, 0) is 37.5 Å². The van der Waals surface area contributed by atoms with Gasteiger partial charge in [-0.15, -0.1) is 0 Å². The molecule has 1 aromatic rings. The molecular weight excluding hydrogens is 370 g/mol. The van der Waals surface area contributed by atoms with Gasteiger partial charge in [0.15, 0.2) is 0 Å². The highest BCUT2D eigenvalue weighted by atomic mass is 16.5. The molecule has 0 saturated carbocycles. The summed E-state index contributed by atoms with van der Waals surface area (Å²) in [5.74, 6) is -0.0900. The van der Waals surface area contributed by atoms with Gasteiger partial charge in [0, 0.05) is 50.3 Å². The third-order valence-corrected chi connectivity index (χ3v) is 4.83. The van der Waals surface area contributed by atoms with Crippen LogP contribution in [-0.2, 0) is 14.3 Å². The van der Waals surface area contributed by atoms with Crippen molar-refractivity contribution < 1.29 is 19.1 Å². The maximum absolute atomic E-state index is 12.6. The standard InChI is InChI=1S/C22H33N3O4/c1-3-11-24(12-4-2)21(27)10-6-9-20(26)23-19-8-5-7-18(17-19)22(28)25-13-15-29-16-14-25/h5,7-8,17H,3-4,6,9-16H2,1-2H3,(H,23,26). The van der Waals surface area contributed by atoms with E-state index in [9.17, 15) is 14.4 Å². The summed E-state index contributed by atoms with van der Waals surface area (Å²) in [5, 5.41) is 2.83. The number of carbonyl (C=O) groups is 3. The van der Waals surface area contributed by atoms with Crippen LogP contribution in [0.3, 0.4) is 0 Å². The van der Waals surface area contributed by atoms with Crippen LogP contribution < -0.4 is 5.32 Å². The van der Waals surface area contributed by atoms with E-state index in [1.807, 2.05) is 4.90 Å². The second-order valence-corrected chi connectivity index (χ2v) is 7.27. The lowest BCUT2D eigenvalue weighted by atomic mass is 10.1. The third-order valence-electron chi connectivity index (χ3n) is 4.83. The molecule has 1 fully saturated rings. The highest BCUT2D eigenvalue weighted by Crippen LogP contribution is 2.15. The van der Waals surface area contributed by atoms with E-state index in [0.717, 1.165) is 25.9 Å². The fraction of sp³-hybridized carbons (Fsp3) is 0.591. The summed E-state index contributed by atoms with van der Waals surface area (Å²) in [6.07, 6.45) is 3.04. The van der Waals surface area contributed by atoms with Crippen LogP contribution in [0.1, 0.15) is 56.3 Å². The molecule has 7 nitrogen and oxygen atoms in total. The zero-order valence-corrected chi connectivity index (χ0v) is 17.6. The van der Waals surface area contributed by atoms with Crippen molar-refractivity contribution in [2.75, 3.05) is 44.7 Å². The number of hydrogen-bond acceptors (Lipinski definition) is 4. The largest absolute Gasteiger partial charge is 0.378 e. The van der Waals surface area contributed by atoms with Crippen LogP contribution in [0.25, 0.3) is 0 Å². The summed E-state index contributed by atoms with van der Waals surface area (Å²) < 4.78 is 5.28. The Morgan fingerprint density at radius 1 is 1.07 bits per heavy atom. The van der Waals surface area contributed by atoms with Crippen LogP contribution in [-0.4, -0.2) is 66.9 Å². The quantitative estimate of drug-likeness (QED) is 0.651. The Labute approximate surface area is 173 Å². The zero-order chi connectivity index (χ0) is 21.1. The summed E-state index contributed by atoms with van der Waals surface area (Å²) in [7, 11) is 0. The lowest BCUT2D eigenvalue weighted by Crippen LogP contribution is -2.40. The first-order valence-electron chi connectivity index (χ1n) is 10.6. The molecule has 1 aromatic carbocycles. The Balaban J connectivity index is 1.81. The molecule has 3 amide bonds. The number of nitrogens with one attached hydrogen (secondary N) is 1. The summed E-state index contributed by atoms with van der Waals surface area (Å²) in [6.45, 7) is 7.91. The van der Waals surface area contributed by atoms with E-state index in [-0.39, 0.29) is 24.1 Å². The normalized spacial score (nSPS) is 13.8. The van der Waals surface area contributed by atoms with E-state index in [1.165, 1.54) is 0 Å². The molecule has 0 atom stereocenters. The van der Waals surface area contributed by atoms with E-state index in [4.69, 9.17) is 4.74 Å². The molecule has 1 heterocycles. The number of rotatable bonds is 10. The van der Waals surface area contributed by atoms with E-state index < -0.39 is 0 Å². The molecule has 0 aliphatic carbocycles. The van der Waals surface area contributed by atoms with Crippen LogP contribution in [0.2, 0.25) is 0 Å². The van der Waals surface area contributed by atoms with E-state index >= 15 is 0 Å². The number of morpholine rings is 1. The SMILES string of the molecule is CCCN(CCC)C(=O)CCCC(=O)Nc1cccc(C(=O)N2CCOCC2)c1. The van der Waals surface area contributed by atoms with E-state index in [0.29, 0.717) is 50.4 Å². The molecule has 0 aromatic heterocycles. The Bertz CT molecular complexity index is 680. The molecule has 0 spiro atoms. The van der Waals surface area contributed by atoms with Crippen LogP contribution >= 0.6 is 0 Å². The number of amides is 3. The van der Waals surface area contributed by atoms with Gasteiger partial charge in [0.1, 0.15) is 0 Å². The average molecular weight is 404 g/mol. The number of carbonyl (C=O) groups excluding carboxylic acids is 3. The van der Waals surface area contributed by atoms with Crippen LogP contribution in [0.4, 0.5) is 5.69 Å². The van der Waals surface area contributed by atoms with Gasteiger partial charge in [-0.3, -0.25) is 14.4 Å². The first kappa shape index (κ1) is 22.9. The summed E-state index contributed by atoms with van der Waals surface area (Å²) in [4.78, 5) is 40.7. The molecule has 0 unspecified atom stereocenters. The van der Waals surface area contributed by atoms with Gasteiger partial charge in [0.05, 0.1) is 13.2 Å². The molecule has 7 heteroatoms. The van der Waals surface area contributed by atoms with Gasteiger partial charge < -0.3 is 19.9 Å². The van der Waals surface area contributed by atoms with E-state index in [2.05, 4.69) is 19.2 Å². The van der Waals surface area contributed by atoms with Gasteiger partial charge >= 0.3 is 0 Å².